The molecule has 2 aromatic carbocycles. The summed E-state index contributed by atoms with van der Waals surface area (Å²) in [7, 11) is 0. The van der Waals surface area contributed by atoms with E-state index in [4.69, 9.17) is 4.74 Å². The van der Waals surface area contributed by atoms with E-state index >= 15 is 0 Å². The third-order valence-electron chi connectivity index (χ3n) is 7.55. The van der Waals surface area contributed by atoms with Crippen molar-refractivity contribution < 1.29 is 19.4 Å². The number of piperidine rings is 1. The van der Waals surface area contributed by atoms with Crippen molar-refractivity contribution in [2.24, 2.45) is 0 Å². The number of phenols is 1. The minimum atomic E-state index is -0.252. The number of likely N-dealkylation sites (tertiary alicyclic amines) is 1. The molecular formula is C27H31N5O4. The van der Waals surface area contributed by atoms with Crippen LogP contribution in [0.3, 0.4) is 0 Å². The molecule has 0 radical (unpaired) electrons. The summed E-state index contributed by atoms with van der Waals surface area (Å²) in [5.74, 6) is -0.499. The van der Waals surface area contributed by atoms with Crippen LogP contribution in [-0.2, 0) is 24.4 Å². The van der Waals surface area contributed by atoms with Crippen LogP contribution in [0.15, 0.2) is 30.3 Å². The van der Waals surface area contributed by atoms with E-state index in [2.05, 4.69) is 33.3 Å². The van der Waals surface area contributed by atoms with Gasteiger partial charge in [0.2, 0.25) is 0 Å². The van der Waals surface area contributed by atoms with Gasteiger partial charge in [0.1, 0.15) is 5.75 Å². The molecule has 188 valence electrons. The van der Waals surface area contributed by atoms with Crippen molar-refractivity contribution in [3.8, 4) is 5.75 Å². The lowest BCUT2D eigenvalue weighted by Crippen LogP contribution is -2.35. The number of morpholine rings is 1. The number of carbonyl (C=O) groups excluding carboxylic acids is 2. The summed E-state index contributed by atoms with van der Waals surface area (Å²) in [5.41, 5.74) is 4.53. The van der Waals surface area contributed by atoms with Gasteiger partial charge in [0, 0.05) is 57.3 Å². The molecule has 3 aromatic rings. The number of aromatic hydroxyl groups is 1. The van der Waals surface area contributed by atoms with Crippen molar-refractivity contribution in [2.45, 2.75) is 38.9 Å². The Morgan fingerprint density at radius 2 is 1.69 bits per heavy atom. The average molecular weight is 490 g/mol. The Morgan fingerprint density at radius 1 is 0.917 bits per heavy atom. The van der Waals surface area contributed by atoms with Gasteiger partial charge in [0.05, 0.1) is 24.3 Å². The second-order valence-electron chi connectivity index (χ2n) is 9.99. The second-order valence-corrected chi connectivity index (χ2v) is 9.99. The van der Waals surface area contributed by atoms with Crippen molar-refractivity contribution in [1.82, 2.24) is 24.9 Å². The molecule has 0 atom stereocenters. The third-order valence-corrected chi connectivity index (χ3v) is 7.55. The normalized spacial score (nSPS) is 18.6. The summed E-state index contributed by atoms with van der Waals surface area (Å²) in [6, 6.07) is 9.53. The van der Waals surface area contributed by atoms with Gasteiger partial charge in [-0.1, -0.05) is 18.2 Å². The van der Waals surface area contributed by atoms with Crippen molar-refractivity contribution in [3.63, 3.8) is 0 Å². The Hall–Kier alpha value is -3.43. The minimum absolute atomic E-state index is 0.114. The molecule has 2 saturated heterocycles. The summed E-state index contributed by atoms with van der Waals surface area (Å²) in [4.78, 5) is 32.5. The van der Waals surface area contributed by atoms with Crippen LogP contribution >= 0.6 is 0 Å². The molecule has 9 heteroatoms. The Kier molecular flexibility index (Phi) is 6.10. The predicted octanol–water partition coefficient (Wildman–Crippen LogP) is 2.88. The summed E-state index contributed by atoms with van der Waals surface area (Å²) in [6.45, 7) is 6.69. The fourth-order valence-corrected chi connectivity index (χ4v) is 5.51. The number of nitrogens with zero attached hydrogens (tertiary/aromatic N) is 4. The first kappa shape index (κ1) is 23.0. The van der Waals surface area contributed by atoms with Crippen molar-refractivity contribution >= 4 is 22.7 Å². The number of ether oxygens (including phenoxy) is 1. The lowest BCUT2D eigenvalue weighted by atomic mass is 10.1. The topological polar surface area (TPSA) is 102 Å². The number of benzene rings is 2. The van der Waals surface area contributed by atoms with Crippen LogP contribution in [0.2, 0.25) is 0 Å². The first-order valence-corrected chi connectivity index (χ1v) is 12.8. The van der Waals surface area contributed by atoms with Gasteiger partial charge in [0.25, 0.3) is 11.8 Å². The van der Waals surface area contributed by atoms with Crippen LogP contribution in [0.25, 0.3) is 10.9 Å². The van der Waals surface area contributed by atoms with E-state index in [0.29, 0.717) is 29.7 Å². The van der Waals surface area contributed by atoms with Gasteiger partial charge < -0.3 is 19.6 Å². The first-order valence-electron chi connectivity index (χ1n) is 12.8. The molecule has 2 N–H and O–H groups in total. The minimum Gasteiger partial charge on any atom is -0.507 e. The van der Waals surface area contributed by atoms with Gasteiger partial charge in [-0.05, 0) is 42.0 Å². The van der Waals surface area contributed by atoms with Crippen LogP contribution in [0.5, 0.6) is 5.75 Å². The lowest BCUT2D eigenvalue weighted by molar-refractivity contribution is 0.0342. The Bertz CT molecular complexity index is 1310. The maximum absolute atomic E-state index is 13.5. The molecule has 2 fully saturated rings. The molecule has 3 aliphatic rings. The maximum atomic E-state index is 13.5. The van der Waals surface area contributed by atoms with Gasteiger partial charge in [-0.3, -0.25) is 19.6 Å². The molecule has 2 amide bonds. The van der Waals surface area contributed by atoms with Gasteiger partial charge in [-0.2, -0.15) is 5.10 Å². The predicted molar refractivity (Wildman–Crippen MR) is 134 cm³/mol. The maximum Gasteiger partial charge on any atom is 0.274 e. The van der Waals surface area contributed by atoms with Gasteiger partial charge in [-0.25, -0.2) is 0 Å². The Balaban J connectivity index is 1.22. The van der Waals surface area contributed by atoms with E-state index in [1.165, 1.54) is 11.6 Å². The zero-order chi connectivity index (χ0) is 24.6. The zero-order valence-electron chi connectivity index (χ0n) is 20.3. The molecular weight excluding hydrogens is 458 g/mol. The molecule has 0 spiro atoms. The molecule has 1 aromatic heterocycles. The number of nitrogens with one attached hydrogen (secondary N) is 1. The lowest BCUT2D eigenvalue weighted by Gasteiger charge is -2.26. The summed E-state index contributed by atoms with van der Waals surface area (Å²) in [6.07, 6.45) is 3.11. The Labute approximate surface area is 209 Å². The standard InChI is InChI=1S/C27H31N5O4/c33-24-14-23-21(25(29-28-23)27(35)31-6-2-1-3-7-31)13-22(24)26(34)32-16-19-5-4-18(12-20(19)17-32)15-30-8-10-36-11-9-30/h4-5,12-14,33H,1-3,6-11,15-17H2,(H,28,29). The fraction of sp³-hybridized carbons (Fsp3) is 0.444. The van der Waals surface area contributed by atoms with Crippen molar-refractivity contribution in [2.75, 3.05) is 39.4 Å². The van der Waals surface area contributed by atoms with Crippen LogP contribution < -0.4 is 0 Å². The van der Waals surface area contributed by atoms with Crippen molar-refractivity contribution in [3.05, 3.63) is 58.3 Å². The van der Waals surface area contributed by atoms with Crippen LogP contribution in [-0.4, -0.2) is 81.2 Å². The number of aromatic amines is 1. The third kappa shape index (κ3) is 4.33. The number of aromatic nitrogens is 2. The fourth-order valence-electron chi connectivity index (χ4n) is 5.51. The number of amides is 2. The molecule has 3 aliphatic heterocycles. The smallest absolute Gasteiger partial charge is 0.274 e. The number of phenolic OH excluding ortho intramolecular Hbond substituents is 1. The monoisotopic (exact) mass is 489 g/mol. The van der Waals surface area contributed by atoms with E-state index in [1.54, 1.807) is 11.0 Å². The second kappa shape index (κ2) is 9.55. The average Bonchev–Trinajstić information content (AvgIpc) is 3.52. The Morgan fingerprint density at radius 3 is 2.50 bits per heavy atom. The van der Waals surface area contributed by atoms with E-state index in [9.17, 15) is 14.7 Å². The van der Waals surface area contributed by atoms with Crippen molar-refractivity contribution in [1.29, 1.82) is 0 Å². The molecule has 0 bridgehead atoms. The number of carbonyl (C=O) groups is 2. The molecule has 0 saturated carbocycles. The highest BCUT2D eigenvalue weighted by Crippen LogP contribution is 2.31. The SMILES string of the molecule is O=C(c1cc2c(C(=O)N3CCCCC3)n[nH]c2cc1O)N1Cc2ccc(CN3CCOCC3)cc2C1. The molecule has 9 nitrogen and oxygen atoms in total. The van der Waals surface area contributed by atoms with Crippen LogP contribution in [0, 0.1) is 0 Å². The van der Waals surface area contributed by atoms with E-state index < -0.39 is 0 Å². The molecule has 0 unspecified atom stereocenters. The quantitative estimate of drug-likeness (QED) is 0.584. The highest BCUT2D eigenvalue weighted by atomic mass is 16.5. The number of hydrogen-bond acceptors (Lipinski definition) is 6. The molecule has 4 heterocycles. The van der Waals surface area contributed by atoms with E-state index in [1.807, 2.05) is 4.90 Å². The van der Waals surface area contributed by atoms with Crippen LogP contribution in [0.1, 0.15) is 56.8 Å². The number of fused-ring (bicyclic) bond motifs is 2. The summed E-state index contributed by atoms with van der Waals surface area (Å²) in [5, 5.41) is 18.3. The summed E-state index contributed by atoms with van der Waals surface area (Å²) >= 11 is 0. The molecule has 36 heavy (non-hydrogen) atoms. The van der Waals surface area contributed by atoms with Crippen LogP contribution in [0.4, 0.5) is 0 Å². The highest BCUT2D eigenvalue weighted by Gasteiger charge is 2.29. The molecule has 0 aliphatic carbocycles. The summed E-state index contributed by atoms with van der Waals surface area (Å²) < 4.78 is 5.44. The highest BCUT2D eigenvalue weighted by molar-refractivity contribution is 6.08. The number of rotatable bonds is 4. The van der Waals surface area contributed by atoms with Gasteiger partial charge >= 0.3 is 0 Å². The van der Waals surface area contributed by atoms with E-state index in [0.717, 1.165) is 76.3 Å². The van der Waals surface area contributed by atoms with Gasteiger partial charge in [0.15, 0.2) is 5.69 Å². The van der Waals surface area contributed by atoms with E-state index in [-0.39, 0.29) is 23.1 Å². The van der Waals surface area contributed by atoms with Gasteiger partial charge in [-0.15, -0.1) is 0 Å². The first-order chi connectivity index (χ1) is 17.6. The number of H-pyrrole nitrogens is 1. The number of hydrogen-bond donors (Lipinski definition) is 2. The largest absolute Gasteiger partial charge is 0.507 e. The molecule has 6 rings (SSSR count). The zero-order valence-corrected chi connectivity index (χ0v) is 20.3.